The van der Waals surface area contributed by atoms with Crippen molar-refractivity contribution in [2.75, 3.05) is 41.4 Å². The predicted octanol–water partition coefficient (Wildman–Crippen LogP) is -1.40. The summed E-state index contributed by atoms with van der Waals surface area (Å²) in [6, 6.07) is 0.749. The molecule has 3 rings (SSSR count). The third kappa shape index (κ3) is 5.55. The number of amides is 1. The maximum Gasteiger partial charge on any atom is 0.326 e. The van der Waals surface area contributed by atoms with Gasteiger partial charge in [-0.05, 0) is 18.6 Å². The smallest absolute Gasteiger partial charge is 0.326 e. The van der Waals surface area contributed by atoms with Gasteiger partial charge in [0.15, 0.2) is 11.5 Å². The molecule has 15 nitrogen and oxygen atoms in total. The zero-order valence-electron chi connectivity index (χ0n) is 18.3. The number of pyridine rings is 1. The van der Waals surface area contributed by atoms with Gasteiger partial charge in [-0.15, -0.1) is 0 Å². The third-order valence-corrected chi connectivity index (χ3v) is 5.31. The summed E-state index contributed by atoms with van der Waals surface area (Å²) in [6.45, 7) is -0.302. The van der Waals surface area contributed by atoms with E-state index in [1.54, 1.807) is 0 Å². The van der Waals surface area contributed by atoms with Crippen LogP contribution in [0.4, 0.5) is 27.7 Å². The fraction of sp³-hybridized carbons (Fsp3) is 0.368. The summed E-state index contributed by atoms with van der Waals surface area (Å²) < 4.78 is 14.5. The van der Waals surface area contributed by atoms with Crippen LogP contribution in [0.15, 0.2) is 16.9 Å². The number of aliphatic hydroxyl groups is 1. The van der Waals surface area contributed by atoms with Crippen molar-refractivity contribution in [2.45, 2.75) is 24.6 Å². The minimum Gasteiger partial charge on any atom is -0.481 e. The second-order valence-electron chi connectivity index (χ2n) is 7.73. The molecule has 1 unspecified atom stereocenters. The van der Waals surface area contributed by atoms with Crippen LogP contribution in [-0.4, -0.2) is 80.0 Å². The van der Waals surface area contributed by atoms with Crippen molar-refractivity contribution < 1.29 is 34.1 Å². The van der Waals surface area contributed by atoms with Crippen molar-refractivity contribution in [1.82, 2.24) is 20.3 Å². The molecule has 0 saturated heterocycles. The normalized spacial score (nSPS) is 17.6. The number of carboxylic acid groups (broad SMARTS) is 2. The van der Waals surface area contributed by atoms with Crippen molar-refractivity contribution in [3.8, 4) is 0 Å². The molecule has 0 saturated carbocycles. The lowest BCUT2D eigenvalue weighted by atomic mass is 10.1. The van der Waals surface area contributed by atoms with Gasteiger partial charge in [-0.25, -0.2) is 9.78 Å². The number of aliphatic carboxylic acids is 2. The molecular weight excluding hydrogens is 471 g/mol. The van der Waals surface area contributed by atoms with Crippen molar-refractivity contribution in [1.29, 1.82) is 0 Å². The Morgan fingerprint density at radius 3 is 2.66 bits per heavy atom. The number of nitrogen functional groups attached to an aromatic ring is 1. The van der Waals surface area contributed by atoms with E-state index in [2.05, 4.69) is 30.9 Å². The molecular formula is C19H23FN8O7. The van der Waals surface area contributed by atoms with Gasteiger partial charge in [-0.3, -0.25) is 19.4 Å². The van der Waals surface area contributed by atoms with E-state index in [9.17, 15) is 28.7 Å². The van der Waals surface area contributed by atoms with Crippen LogP contribution in [0.3, 0.4) is 0 Å². The molecule has 2 aromatic rings. The molecule has 2 atom stereocenters. The molecule has 0 fully saturated rings. The van der Waals surface area contributed by atoms with Crippen LogP contribution < -0.4 is 32.1 Å². The second kappa shape index (κ2) is 9.80. The van der Waals surface area contributed by atoms with Gasteiger partial charge in [0.25, 0.3) is 11.5 Å². The molecule has 1 amide bonds. The highest BCUT2D eigenvalue weighted by Crippen LogP contribution is 2.29. The summed E-state index contributed by atoms with van der Waals surface area (Å²) in [4.78, 5) is 57.6. The van der Waals surface area contributed by atoms with Gasteiger partial charge in [0, 0.05) is 13.5 Å². The maximum atomic E-state index is 14.5. The number of β-amino-alcohol motifs (C(OH)–C–C–N with tert-alkyl or cyclic N) is 1. The summed E-state index contributed by atoms with van der Waals surface area (Å²) >= 11 is 0. The first-order valence-corrected chi connectivity index (χ1v) is 10.2. The topological polar surface area (TPSA) is 236 Å². The Bertz CT molecular complexity index is 1220. The van der Waals surface area contributed by atoms with E-state index >= 15 is 0 Å². The molecule has 0 spiro atoms. The van der Waals surface area contributed by atoms with E-state index in [0.717, 1.165) is 6.07 Å². The number of aromatic nitrogens is 3. The zero-order valence-corrected chi connectivity index (χ0v) is 18.3. The Balaban J connectivity index is 1.69. The molecule has 1 aliphatic rings. The summed E-state index contributed by atoms with van der Waals surface area (Å²) in [6.07, 6.45) is -0.897. The summed E-state index contributed by atoms with van der Waals surface area (Å²) in [7, 11) is 1.46. The van der Waals surface area contributed by atoms with Gasteiger partial charge in [0.2, 0.25) is 11.9 Å². The molecule has 16 heteroatoms. The van der Waals surface area contributed by atoms with Crippen LogP contribution in [0, 0.1) is 5.95 Å². The van der Waals surface area contributed by atoms with Crippen LogP contribution in [0.1, 0.15) is 23.2 Å². The van der Waals surface area contributed by atoms with Gasteiger partial charge in [0.05, 0.1) is 18.7 Å². The molecule has 35 heavy (non-hydrogen) atoms. The lowest BCUT2D eigenvalue weighted by molar-refractivity contribution is -0.140. The summed E-state index contributed by atoms with van der Waals surface area (Å²) in [5, 5.41) is 36.4. The number of nitrogens with one attached hydrogen (secondary N) is 4. The molecule has 0 radical (unpaired) electrons. The number of hydrogen-bond donors (Lipinski definition) is 8. The van der Waals surface area contributed by atoms with Crippen molar-refractivity contribution in [3.05, 3.63) is 34.0 Å². The molecule has 9 N–H and O–H groups in total. The molecule has 1 aliphatic heterocycles. The number of carbonyl (C=O) groups excluding carboxylic acids is 1. The standard InChI is InChI=1S/C19H23FN8O7/c1-28-12-14(26-18(21)27-16(12)32)23-7-19(28,35)6-22-10-4-2-8(13(20)25-10)15(31)24-9(17(33)34)3-5-11(29)30/h2,4,9,35H,3,5-7H2,1H3,(H,22,25)(H,24,31)(H,29,30)(H,33,34)(H4,21,23,26,27,32)/t9-,19?/m0/s1. The molecule has 0 aliphatic carbocycles. The largest absolute Gasteiger partial charge is 0.481 e. The van der Waals surface area contributed by atoms with E-state index in [1.165, 1.54) is 18.0 Å². The van der Waals surface area contributed by atoms with Crippen molar-refractivity contribution in [2.24, 2.45) is 0 Å². The van der Waals surface area contributed by atoms with Gasteiger partial charge in [0.1, 0.15) is 17.5 Å². The number of carbonyl (C=O) groups is 3. The Morgan fingerprint density at radius 2 is 2.03 bits per heavy atom. The molecule has 188 valence electrons. The first-order chi connectivity index (χ1) is 16.4. The molecule has 3 heterocycles. The number of hydrogen-bond acceptors (Lipinski definition) is 11. The summed E-state index contributed by atoms with van der Waals surface area (Å²) in [5.41, 5.74) is 2.76. The predicted molar refractivity (Wildman–Crippen MR) is 120 cm³/mol. The Hall–Kier alpha value is -4.47. The van der Waals surface area contributed by atoms with Gasteiger partial charge >= 0.3 is 11.9 Å². The first kappa shape index (κ1) is 25.2. The van der Waals surface area contributed by atoms with Crippen LogP contribution in [-0.2, 0) is 9.59 Å². The fourth-order valence-electron chi connectivity index (χ4n) is 3.35. The van der Waals surface area contributed by atoms with Crippen LogP contribution in [0.5, 0.6) is 0 Å². The minimum atomic E-state index is -1.66. The number of carboxylic acids is 2. The molecule has 0 aromatic carbocycles. The quantitative estimate of drug-likeness (QED) is 0.187. The number of halogens is 1. The number of H-pyrrole nitrogens is 1. The average molecular weight is 494 g/mol. The third-order valence-electron chi connectivity index (χ3n) is 5.31. The van der Waals surface area contributed by atoms with Gasteiger partial charge in [-0.2, -0.15) is 9.37 Å². The number of rotatable bonds is 9. The van der Waals surface area contributed by atoms with Crippen molar-refractivity contribution in [3.63, 3.8) is 0 Å². The fourth-order valence-corrected chi connectivity index (χ4v) is 3.35. The van der Waals surface area contributed by atoms with Crippen molar-refractivity contribution >= 4 is 41.1 Å². The van der Waals surface area contributed by atoms with E-state index in [-0.39, 0.29) is 42.8 Å². The zero-order chi connectivity index (χ0) is 25.9. The van der Waals surface area contributed by atoms with Crippen LogP contribution in [0.2, 0.25) is 0 Å². The number of nitrogens with zero attached hydrogens (tertiary/aromatic N) is 3. The van der Waals surface area contributed by atoms with Crippen LogP contribution >= 0.6 is 0 Å². The number of fused-ring (bicyclic) bond motifs is 1. The van der Waals surface area contributed by atoms with Gasteiger partial charge < -0.3 is 41.9 Å². The minimum absolute atomic E-state index is 0.0387. The van der Waals surface area contributed by atoms with E-state index in [4.69, 9.17) is 15.9 Å². The van der Waals surface area contributed by atoms with E-state index in [1.807, 2.05) is 0 Å². The monoisotopic (exact) mass is 494 g/mol. The number of aromatic amines is 1. The summed E-state index contributed by atoms with van der Waals surface area (Å²) in [5.74, 6) is -5.00. The number of anilines is 4. The van der Waals surface area contributed by atoms with E-state index < -0.39 is 53.1 Å². The Kier molecular flexibility index (Phi) is 7.04. The highest BCUT2D eigenvalue weighted by molar-refractivity contribution is 5.96. The Morgan fingerprint density at radius 1 is 1.31 bits per heavy atom. The lowest BCUT2D eigenvalue weighted by Gasteiger charge is -2.42. The first-order valence-electron chi connectivity index (χ1n) is 10.2. The average Bonchev–Trinajstić information content (AvgIpc) is 2.77. The second-order valence-corrected chi connectivity index (χ2v) is 7.73. The number of likely N-dealkylation sites (N-methyl/N-ethyl adjacent to an activating group) is 1. The lowest BCUT2D eigenvalue weighted by Crippen LogP contribution is -2.60. The molecule has 0 bridgehead atoms. The van der Waals surface area contributed by atoms with Crippen LogP contribution in [0.25, 0.3) is 0 Å². The van der Waals surface area contributed by atoms with Gasteiger partial charge in [-0.1, -0.05) is 0 Å². The maximum absolute atomic E-state index is 14.5. The highest BCUT2D eigenvalue weighted by atomic mass is 19.1. The molecule has 2 aromatic heterocycles. The SMILES string of the molecule is CN1c2c(nc(N)[nH]c2=O)NCC1(O)CNc1ccc(C(=O)N[C@@H](CCC(=O)O)C(=O)O)c(F)n1. The number of nitrogens with two attached hydrogens (primary N) is 1. The van der Waals surface area contributed by atoms with E-state index in [0.29, 0.717) is 0 Å². The highest BCUT2D eigenvalue weighted by Gasteiger charge is 2.39. The Labute approximate surface area is 196 Å².